The highest BCUT2D eigenvalue weighted by Gasteiger charge is 2.21. The SMILES string of the molecule is COc1cccc(C=Nc2cc(S(=O)(=O)c3ccc(O)c(N=Cc4cccc(OC)c4O)c3)ccc2O)c1O. The molecule has 10 nitrogen and oxygen atoms in total. The van der Waals surface area contributed by atoms with Crippen LogP contribution in [0.5, 0.6) is 34.5 Å². The second-order valence-corrected chi connectivity index (χ2v) is 10.1. The average Bonchev–Trinajstić information content (AvgIpc) is 2.93. The van der Waals surface area contributed by atoms with Crippen LogP contribution in [0.1, 0.15) is 11.1 Å². The van der Waals surface area contributed by atoms with Crippen molar-refractivity contribution in [3.63, 3.8) is 0 Å². The lowest BCUT2D eigenvalue weighted by Gasteiger charge is -2.09. The zero-order valence-electron chi connectivity index (χ0n) is 20.8. The Kier molecular flexibility index (Phi) is 7.73. The van der Waals surface area contributed by atoms with E-state index in [9.17, 15) is 28.8 Å². The van der Waals surface area contributed by atoms with Gasteiger partial charge in [0.05, 0.1) is 24.0 Å². The molecule has 0 unspecified atom stereocenters. The normalized spacial score (nSPS) is 11.7. The van der Waals surface area contributed by atoms with E-state index in [-0.39, 0.29) is 55.7 Å². The zero-order chi connectivity index (χ0) is 28.2. The minimum absolute atomic E-state index is 0.0520. The molecule has 0 atom stereocenters. The van der Waals surface area contributed by atoms with E-state index in [4.69, 9.17) is 9.47 Å². The number of nitrogens with zero attached hydrogens (tertiary/aromatic N) is 2. The molecule has 0 heterocycles. The van der Waals surface area contributed by atoms with Crippen LogP contribution in [-0.2, 0) is 9.84 Å². The molecular weight excluding hydrogens is 524 g/mol. The van der Waals surface area contributed by atoms with Crippen molar-refractivity contribution in [3.8, 4) is 34.5 Å². The molecule has 0 radical (unpaired) electrons. The number of aromatic hydroxyl groups is 4. The molecule has 0 aliphatic heterocycles. The Morgan fingerprint density at radius 1 is 0.641 bits per heavy atom. The lowest BCUT2D eigenvalue weighted by Crippen LogP contribution is -2.01. The number of phenols is 4. The van der Waals surface area contributed by atoms with E-state index in [1.807, 2.05) is 0 Å². The van der Waals surface area contributed by atoms with Crippen LogP contribution in [-0.4, -0.2) is 55.5 Å². The summed E-state index contributed by atoms with van der Waals surface area (Å²) in [5, 5.41) is 41.0. The van der Waals surface area contributed by atoms with Crippen LogP contribution in [0.3, 0.4) is 0 Å². The summed E-state index contributed by atoms with van der Waals surface area (Å²) in [7, 11) is -1.33. The Labute approximate surface area is 224 Å². The third kappa shape index (κ3) is 5.63. The maximum atomic E-state index is 13.4. The molecule has 11 heteroatoms. The van der Waals surface area contributed by atoms with Gasteiger partial charge in [-0.3, -0.25) is 9.98 Å². The van der Waals surface area contributed by atoms with Crippen molar-refractivity contribution in [1.82, 2.24) is 0 Å². The molecule has 4 N–H and O–H groups in total. The lowest BCUT2D eigenvalue weighted by atomic mass is 10.2. The molecular formula is C28H24N2O8S. The van der Waals surface area contributed by atoms with Crippen LogP contribution in [0.25, 0.3) is 0 Å². The molecule has 200 valence electrons. The molecule has 4 aromatic carbocycles. The van der Waals surface area contributed by atoms with Gasteiger partial charge in [-0.15, -0.1) is 0 Å². The largest absolute Gasteiger partial charge is 0.506 e. The van der Waals surface area contributed by atoms with Crippen LogP contribution in [0.15, 0.2) is 92.6 Å². The minimum atomic E-state index is -4.13. The summed E-state index contributed by atoms with van der Waals surface area (Å²) in [5.41, 5.74) is 0.489. The number of benzene rings is 4. The van der Waals surface area contributed by atoms with Crippen molar-refractivity contribution < 1.29 is 38.3 Å². The number of rotatable bonds is 8. The van der Waals surface area contributed by atoms with Crippen molar-refractivity contribution in [2.45, 2.75) is 9.79 Å². The average molecular weight is 549 g/mol. The summed E-state index contributed by atoms with van der Waals surface area (Å²) >= 11 is 0. The van der Waals surface area contributed by atoms with Gasteiger partial charge in [0.15, 0.2) is 23.0 Å². The third-order valence-corrected chi connectivity index (χ3v) is 7.45. The highest BCUT2D eigenvalue weighted by atomic mass is 32.2. The molecule has 0 amide bonds. The summed E-state index contributed by atoms with van der Waals surface area (Å²) in [5.74, 6) is -0.417. The fraction of sp³-hybridized carbons (Fsp3) is 0.0714. The van der Waals surface area contributed by atoms with Gasteiger partial charge in [-0.05, 0) is 60.7 Å². The Morgan fingerprint density at radius 3 is 1.44 bits per heavy atom. The highest BCUT2D eigenvalue weighted by Crippen LogP contribution is 2.36. The number of ether oxygens (including phenoxy) is 2. The van der Waals surface area contributed by atoms with E-state index < -0.39 is 9.84 Å². The van der Waals surface area contributed by atoms with Crippen LogP contribution < -0.4 is 9.47 Å². The van der Waals surface area contributed by atoms with E-state index in [1.165, 1.54) is 63.0 Å². The van der Waals surface area contributed by atoms with Crippen LogP contribution in [0.4, 0.5) is 11.4 Å². The fourth-order valence-electron chi connectivity index (χ4n) is 3.58. The number of aliphatic imine (C=N–C) groups is 2. The molecule has 0 saturated heterocycles. The second kappa shape index (κ2) is 11.2. The van der Waals surface area contributed by atoms with E-state index in [0.29, 0.717) is 11.1 Å². The first-order valence-corrected chi connectivity index (χ1v) is 12.8. The van der Waals surface area contributed by atoms with Crippen molar-refractivity contribution in [2.75, 3.05) is 14.2 Å². The molecule has 0 bridgehead atoms. The second-order valence-electron chi connectivity index (χ2n) is 8.12. The molecule has 0 saturated carbocycles. The number of hydrogen-bond acceptors (Lipinski definition) is 10. The number of sulfone groups is 1. The molecule has 0 aromatic heterocycles. The Hall–Kier alpha value is -5.03. The van der Waals surface area contributed by atoms with Gasteiger partial charge in [0, 0.05) is 23.6 Å². The smallest absolute Gasteiger partial charge is 0.206 e. The van der Waals surface area contributed by atoms with Crippen molar-refractivity contribution >= 4 is 33.6 Å². The lowest BCUT2D eigenvalue weighted by molar-refractivity contribution is 0.373. The molecule has 0 aliphatic rings. The van der Waals surface area contributed by atoms with Gasteiger partial charge in [0.2, 0.25) is 9.84 Å². The zero-order valence-corrected chi connectivity index (χ0v) is 21.6. The van der Waals surface area contributed by atoms with Crippen molar-refractivity contribution in [3.05, 3.63) is 83.9 Å². The monoisotopic (exact) mass is 548 g/mol. The molecule has 0 fully saturated rings. The predicted molar refractivity (Wildman–Crippen MR) is 145 cm³/mol. The van der Waals surface area contributed by atoms with E-state index in [2.05, 4.69) is 9.98 Å². The van der Waals surface area contributed by atoms with Gasteiger partial charge in [0.25, 0.3) is 0 Å². The van der Waals surface area contributed by atoms with Crippen molar-refractivity contribution in [1.29, 1.82) is 0 Å². The Bertz CT molecular complexity index is 1580. The van der Waals surface area contributed by atoms with E-state index in [1.54, 1.807) is 36.4 Å². The molecule has 0 spiro atoms. The quantitative estimate of drug-likeness (QED) is 0.227. The number of methoxy groups -OCH3 is 2. The molecule has 4 rings (SSSR count). The van der Waals surface area contributed by atoms with Gasteiger partial charge in [0.1, 0.15) is 22.9 Å². The van der Waals surface area contributed by atoms with E-state index >= 15 is 0 Å². The highest BCUT2D eigenvalue weighted by molar-refractivity contribution is 7.91. The van der Waals surface area contributed by atoms with Crippen LogP contribution in [0.2, 0.25) is 0 Å². The van der Waals surface area contributed by atoms with Crippen LogP contribution in [0, 0.1) is 0 Å². The summed E-state index contributed by atoms with van der Waals surface area (Å²) in [6.07, 6.45) is 2.54. The first-order chi connectivity index (χ1) is 18.6. The number of hydrogen-bond donors (Lipinski definition) is 4. The minimum Gasteiger partial charge on any atom is -0.506 e. The van der Waals surface area contributed by atoms with Crippen molar-refractivity contribution in [2.24, 2.45) is 9.98 Å². The summed E-state index contributed by atoms with van der Waals surface area (Å²) in [4.78, 5) is 7.94. The van der Waals surface area contributed by atoms with Gasteiger partial charge in [-0.2, -0.15) is 0 Å². The number of para-hydroxylation sites is 2. The summed E-state index contributed by atoms with van der Waals surface area (Å²) in [6, 6.07) is 16.7. The molecule has 39 heavy (non-hydrogen) atoms. The maximum absolute atomic E-state index is 13.4. The third-order valence-electron chi connectivity index (χ3n) is 5.70. The van der Waals surface area contributed by atoms with Gasteiger partial charge in [-0.25, -0.2) is 8.42 Å². The first-order valence-electron chi connectivity index (χ1n) is 11.4. The number of phenolic OH excluding ortho intramolecular Hbond substituents is 4. The van der Waals surface area contributed by atoms with Gasteiger partial charge >= 0.3 is 0 Å². The molecule has 0 aliphatic carbocycles. The fourth-order valence-corrected chi connectivity index (χ4v) is 4.88. The molecule has 4 aromatic rings. The Morgan fingerprint density at radius 2 is 1.05 bits per heavy atom. The maximum Gasteiger partial charge on any atom is 0.206 e. The summed E-state index contributed by atoms with van der Waals surface area (Å²) < 4.78 is 36.9. The van der Waals surface area contributed by atoms with Crippen LogP contribution >= 0.6 is 0 Å². The van der Waals surface area contributed by atoms with E-state index in [0.717, 1.165) is 0 Å². The van der Waals surface area contributed by atoms with Gasteiger partial charge in [-0.1, -0.05) is 12.1 Å². The van der Waals surface area contributed by atoms with Gasteiger partial charge < -0.3 is 29.9 Å². The first kappa shape index (κ1) is 27.0. The topological polar surface area (TPSA) is 158 Å². The predicted octanol–water partition coefficient (Wildman–Crippen LogP) is 4.86. The summed E-state index contributed by atoms with van der Waals surface area (Å²) in [6.45, 7) is 0. The Balaban J connectivity index is 1.68. The standard InChI is InChI=1S/C28H24N2O8S/c1-37-25-7-3-5-17(27(25)33)15-29-21-13-19(9-11-23(21)31)39(35,36)20-10-12-24(32)22(14-20)30-16-18-6-4-8-26(38-2)28(18)34/h3-16,31-34H,1-2H3.